The summed E-state index contributed by atoms with van der Waals surface area (Å²) in [6.45, 7) is 4.48. The summed E-state index contributed by atoms with van der Waals surface area (Å²) in [6, 6.07) is 25.8. The van der Waals surface area contributed by atoms with Gasteiger partial charge in [-0.2, -0.15) is 5.10 Å². The van der Waals surface area contributed by atoms with Gasteiger partial charge in [0.1, 0.15) is 18.4 Å². The summed E-state index contributed by atoms with van der Waals surface area (Å²) in [6.07, 6.45) is 0.634. The van der Waals surface area contributed by atoms with Gasteiger partial charge in [0.25, 0.3) is 5.91 Å². The lowest BCUT2D eigenvalue weighted by molar-refractivity contribution is -0.122. The van der Waals surface area contributed by atoms with Crippen molar-refractivity contribution in [3.05, 3.63) is 101 Å². The first-order chi connectivity index (χ1) is 15.6. The Morgan fingerprint density at radius 3 is 2.44 bits per heavy atom. The number of carbonyl (C=O) groups is 1. The summed E-state index contributed by atoms with van der Waals surface area (Å²) >= 11 is 0. The average molecular weight is 429 g/mol. The normalized spacial score (nSPS) is 18.4. The van der Waals surface area contributed by atoms with Gasteiger partial charge in [-0.3, -0.25) is 4.79 Å². The third-order valence-corrected chi connectivity index (χ3v) is 5.55. The molecule has 0 aromatic heterocycles. The van der Waals surface area contributed by atoms with Crippen LogP contribution >= 0.6 is 0 Å². The van der Waals surface area contributed by atoms with Gasteiger partial charge in [-0.25, -0.2) is 16.3 Å². The van der Waals surface area contributed by atoms with Crippen LogP contribution in [0, 0.1) is 6.92 Å². The molecule has 0 spiro atoms. The van der Waals surface area contributed by atoms with Crippen molar-refractivity contribution in [1.29, 1.82) is 0 Å². The van der Waals surface area contributed by atoms with Crippen LogP contribution in [-0.2, 0) is 11.4 Å². The van der Waals surface area contributed by atoms with Crippen LogP contribution in [-0.4, -0.2) is 17.7 Å². The number of hydrogen-bond acceptors (Lipinski definition) is 5. The number of hydrogen-bond donors (Lipinski definition) is 3. The van der Waals surface area contributed by atoms with Crippen LogP contribution in [0.1, 0.15) is 41.6 Å². The Morgan fingerprint density at radius 1 is 1.00 bits per heavy atom. The van der Waals surface area contributed by atoms with Crippen LogP contribution < -0.4 is 21.0 Å². The minimum Gasteiger partial charge on any atom is -0.489 e. The zero-order valence-corrected chi connectivity index (χ0v) is 18.3. The number of rotatable bonds is 7. The monoisotopic (exact) mass is 428 g/mol. The number of hydrazine groups is 1. The SMILES string of the molecule is C/C(=N/NC(=O)C1CC(c2ccc(OCc3ccc(C)cc3)cc2)NN1)c1ccccc1. The maximum Gasteiger partial charge on any atom is 0.258 e. The van der Waals surface area contributed by atoms with Crippen LogP contribution in [0.2, 0.25) is 0 Å². The molecule has 0 radical (unpaired) electrons. The molecule has 1 aliphatic heterocycles. The van der Waals surface area contributed by atoms with Crippen molar-refractivity contribution >= 4 is 11.6 Å². The fourth-order valence-corrected chi connectivity index (χ4v) is 3.55. The molecular weight excluding hydrogens is 400 g/mol. The van der Waals surface area contributed by atoms with Gasteiger partial charge in [0, 0.05) is 6.04 Å². The summed E-state index contributed by atoms with van der Waals surface area (Å²) in [7, 11) is 0. The molecule has 1 saturated heterocycles. The van der Waals surface area contributed by atoms with E-state index in [0.29, 0.717) is 13.0 Å². The van der Waals surface area contributed by atoms with Crippen molar-refractivity contribution in [2.45, 2.75) is 39.0 Å². The molecule has 3 aromatic carbocycles. The standard InChI is InChI=1S/C26H28N4O2/c1-18-8-10-20(11-9-18)17-32-23-14-12-22(13-15-23)24-16-25(29-28-24)26(31)30-27-19(2)21-6-4-3-5-7-21/h3-15,24-25,28-29H,16-17H2,1-2H3,(H,30,31)/b27-19-. The van der Waals surface area contributed by atoms with E-state index >= 15 is 0 Å². The number of amides is 1. The second-order valence-electron chi connectivity index (χ2n) is 8.01. The Labute approximate surface area is 188 Å². The lowest BCUT2D eigenvalue weighted by Gasteiger charge is -2.11. The van der Waals surface area contributed by atoms with Gasteiger partial charge in [-0.05, 0) is 49.1 Å². The molecule has 0 saturated carbocycles. The van der Waals surface area contributed by atoms with Crippen molar-refractivity contribution in [1.82, 2.24) is 16.3 Å². The van der Waals surface area contributed by atoms with Gasteiger partial charge in [-0.15, -0.1) is 0 Å². The molecule has 2 atom stereocenters. The van der Waals surface area contributed by atoms with Crippen molar-refractivity contribution in [2.75, 3.05) is 0 Å². The molecule has 1 aliphatic rings. The number of hydrazone groups is 1. The quantitative estimate of drug-likeness (QED) is 0.393. The Kier molecular flexibility index (Phi) is 6.94. The van der Waals surface area contributed by atoms with E-state index in [1.807, 2.05) is 61.5 Å². The molecule has 1 fully saturated rings. The predicted octanol–water partition coefficient (Wildman–Crippen LogP) is 4.02. The van der Waals surface area contributed by atoms with Crippen LogP contribution in [0.3, 0.4) is 0 Å². The van der Waals surface area contributed by atoms with Crippen molar-refractivity contribution < 1.29 is 9.53 Å². The summed E-state index contributed by atoms with van der Waals surface area (Å²) < 4.78 is 5.88. The maximum absolute atomic E-state index is 12.5. The fraction of sp³-hybridized carbons (Fsp3) is 0.231. The van der Waals surface area contributed by atoms with Gasteiger partial charge in [0.15, 0.2) is 0 Å². The lowest BCUT2D eigenvalue weighted by Crippen LogP contribution is -2.41. The highest BCUT2D eigenvalue weighted by Crippen LogP contribution is 2.24. The molecule has 4 rings (SSSR count). The first-order valence-corrected chi connectivity index (χ1v) is 10.8. The molecule has 1 amide bonds. The third kappa shape index (κ3) is 5.60. The molecule has 6 heteroatoms. The molecule has 0 bridgehead atoms. The van der Waals surface area contributed by atoms with E-state index < -0.39 is 0 Å². The third-order valence-electron chi connectivity index (χ3n) is 5.55. The second-order valence-corrected chi connectivity index (χ2v) is 8.01. The Hall–Kier alpha value is -3.48. The fourth-order valence-electron chi connectivity index (χ4n) is 3.55. The number of nitrogens with one attached hydrogen (secondary N) is 3. The highest BCUT2D eigenvalue weighted by molar-refractivity contribution is 5.99. The van der Waals surface area contributed by atoms with Gasteiger partial charge in [0.05, 0.1) is 5.71 Å². The zero-order chi connectivity index (χ0) is 22.3. The van der Waals surface area contributed by atoms with Crippen LogP contribution in [0.15, 0.2) is 84.0 Å². The zero-order valence-electron chi connectivity index (χ0n) is 18.3. The smallest absolute Gasteiger partial charge is 0.258 e. The number of aryl methyl sites for hydroxylation is 1. The molecule has 1 heterocycles. The van der Waals surface area contributed by atoms with Crippen molar-refractivity contribution in [3.8, 4) is 5.75 Å². The van der Waals surface area contributed by atoms with Crippen LogP contribution in [0.4, 0.5) is 0 Å². The van der Waals surface area contributed by atoms with Crippen molar-refractivity contribution in [3.63, 3.8) is 0 Å². The molecule has 6 nitrogen and oxygen atoms in total. The highest BCUT2D eigenvalue weighted by Gasteiger charge is 2.30. The lowest BCUT2D eigenvalue weighted by atomic mass is 10.0. The summed E-state index contributed by atoms with van der Waals surface area (Å²) in [5.74, 6) is 0.661. The van der Waals surface area contributed by atoms with E-state index in [4.69, 9.17) is 4.74 Å². The Morgan fingerprint density at radius 2 is 1.72 bits per heavy atom. The van der Waals surface area contributed by atoms with E-state index in [1.54, 1.807) is 0 Å². The molecule has 0 aliphatic carbocycles. The average Bonchev–Trinajstić information content (AvgIpc) is 3.33. The first-order valence-electron chi connectivity index (χ1n) is 10.8. The molecule has 3 N–H and O–H groups in total. The topological polar surface area (TPSA) is 74.8 Å². The summed E-state index contributed by atoms with van der Waals surface area (Å²) in [5, 5.41) is 4.23. The molecule has 3 aromatic rings. The summed E-state index contributed by atoms with van der Waals surface area (Å²) in [4.78, 5) is 12.5. The van der Waals surface area contributed by atoms with Crippen molar-refractivity contribution in [2.24, 2.45) is 5.10 Å². The highest BCUT2D eigenvalue weighted by atomic mass is 16.5. The molecule has 2 unspecified atom stereocenters. The van der Waals surface area contributed by atoms with Crippen LogP contribution in [0.5, 0.6) is 5.75 Å². The molecule has 164 valence electrons. The minimum absolute atomic E-state index is 0.0381. The first kappa shape index (κ1) is 21.7. The number of nitrogens with zero attached hydrogens (tertiary/aromatic N) is 1. The van der Waals surface area contributed by atoms with E-state index in [1.165, 1.54) is 5.56 Å². The number of ether oxygens (including phenoxy) is 1. The Bertz CT molecular complexity index is 1060. The predicted molar refractivity (Wildman–Crippen MR) is 126 cm³/mol. The van der Waals surface area contributed by atoms with Gasteiger partial charge in [0.2, 0.25) is 0 Å². The van der Waals surface area contributed by atoms with E-state index in [0.717, 1.165) is 28.2 Å². The van der Waals surface area contributed by atoms with Gasteiger partial charge < -0.3 is 4.74 Å². The van der Waals surface area contributed by atoms with E-state index in [2.05, 4.69) is 52.6 Å². The Balaban J connectivity index is 1.28. The van der Waals surface area contributed by atoms with E-state index in [9.17, 15) is 4.79 Å². The minimum atomic E-state index is -0.357. The van der Waals surface area contributed by atoms with Gasteiger partial charge in [-0.1, -0.05) is 72.3 Å². The molecular formula is C26H28N4O2. The van der Waals surface area contributed by atoms with Crippen LogP contribution in [0.25, 0.3) is 0 Å². The second kappa shape index (κ2) is 10.2. The maximum atomic E-state index is 12.5. The number of carbonyl (C=O) groups excluding carboxylic acids is 1. The summed E-state index contributed by atoms with van der Waals surface area (Å²) in [5.41, 5.74) is 14.2. The van der Waals surface area contributed by atoms with Gasteiger partial charge >= 0.3 is 0 Å². The largest absolute Gasteiger partial charge is 0.489 e. The van der Waals surface area contributed by atoms with E-state index in [-0.39, 0.29) is 18.0 Å². The number of benzene rings is 3. The molecule has 32 heavy (non-hydrogen) atoms.